The molecule has 0 radical (unpaired) electrons. The molecule has 4 nitrogen and oxygen atoms in total. The first-order valence-electron chi connectivity index (χ1n) is 7.96. The average Bonchev–Trinajstić information content (AvgIpc) is 3.19. The van der Waals surface area contributed by atoms with Gasteiger partial charge in [0.1, 0.15) is 5.65 Å². The van der Waals surface area contributed by atoms with Gasteiger partial charge in [-0.25, -0.2) is 4.98 Å². The summed E-state index contributed by atoms with van der Waals surface area (Å²) in [6.45, 7) is 3.78. The van der Waals surface area contributed by atoms with E-state index in [0.29, 0.717) is 6.04 Å². The molecule has 0 spiro atoms. The van der Waals surface area contributed by atoms with Crippen LogP contribution in [0.15, 0.2) is 46.0 Å². The Morgan fingerprint density at radius 2 is 2.26 bits per heavy atom. The molecule has 1 saturated heterocycles. The largest absolute Gasteiger partial charge is 0.290 e. The standard InChI is InChI=1S/C18H19N3OS/c1-13-4-5-17-19-15(9-18(22)21(17)10-13)11-20-7-2-3-16(20)14-6-8-23-12-14/h4-6,8-10,12,16H,2-3,7,11H2,1H3/t16-/m0/s1. The Morgan fingerprint density at radius 1 is 1.35 bits per heavy atom. The molecular formula is C18H19N3OS. The highest BCUT2D eigenvalue weighted by Crippen LogP contribution is 2.33. The Kier molecular flexibility index (Phi) is 3.75. The lowest BCUT2D eigenvalue weighted by Gasteiger charge is -2.23. The van der Waals surface area contributed by atoms with E-state index >= 15 is 0 Å². The van der Waals surface area contributed by atoms with Gasteiger partial charge in [-0.2, -0.15) is 11.3 Å². The first-order valence-corrected chi connectivity index (χ1v) is 8.90. The Bertz CT molecular complexity index is 885. The molecule has 0 aliphatic carbocycles. The molecule has 4 heterocycles. The molecule has 0 bridgehead atoms. The Balaban J connectivity index is 1.65. The van der Waals surface area contributed by atoms with Crippen LogP contribution >= 0.6 is 11.3 Å². The van der Waals surface area contributed by atoms with E-state index in [1.165, 1.54) is 18.4 Å². The highest BCUT2D eigenvalue weighted by molar-refractivity contribution is 7.07. The van der Waals surface area contributed by atoms with Crippen LogP contribution in [-0.2, 0) is 6.54 Å². The fourth-order valence-corrected chi connectivity index (χ4v) is 4.11. The van der Waals surface area contributed by atoms with Crippen LogP contribution in [0.25, 0.3) is 5.65 Å². The highest BCUT2D eigenvalue weighted by Gasteiger charge is 2.26. The van der Waals surface area contributed by atoms with Crippen LogP contribution < -0.4 is 5.56 Å². The maximum atomic E-state index is 12.3. The van der Waals surface area contributed by atoms with E-state index in [2.05, 4.69) is 26.7 Å². The fraction of sp³-hybridized carbons (Fsp3) is 0.333. The van der Waals surface area contributed by atoms with Crippen molar-refractivity contribution in [1.29, 1.82) is 0 Å². The summed E-state index contributed by atoms with van der Waals surface area (Å²) in [7, 11) is 0. The normalized spacial score (nSPS) is 18.7. The molecule has 0 saturated carbocycles. The van der Waals surface area contributed by atoms with Crippen molar-refractivity contribution in [3.8, 4) is 0 Å². The number of fused-ring (bicyclic) bond motifs is 1. The summed E-state index contributed by atoms with van der Waals surface area (Å²) in [5.41, 5.74) is 4.04. The van der Waals surface area contributed by atoms with E-state index in [1.807, 2.05) is 25.3 Å². The second-order valence-electron chi connectivity index (χ2n) is 6.21. The summed E-state index contributed by atoms with van der Waals surface area (Å²) in [4.78, 5) is 19.5. The average molecular weight is 325 g/mol. The van der Waals surface area contributed by atoms with Gasteiger partial charge < -0.3 is 0 Å². The number of rotatable bonds is 3. The number of nitrogens with zero attached hydrogens (tertiary/aromatic N) is 3. The molecular weight excluding hydrogens is 306 g/mol. The number of aromatic nitrogens is 2. The highest BCUT2D eigenvalue weighted by atomic mass is 32.1. The Labute approximate surface area is 139 Å². The second kappa shape index (κ2) is 5.91. The van der Waals surface area contributed by atoms with Crippen LogP contribution in [0, 0.1) is 6.92 Å². The zero-order valence-electron chi connectivity index (χ0n) is 13.1. The predicted molar refractivity (Wildman–Crippen MR) is 92.9 cm³/mol. The molecule has 0 unspecified atom stereocenters. The van der Waals surface area contributed by atoms with Gasteiger partial charge in [0.2, 0.25) is 0 Å². The van der Waals surface area contributed by atoms with Gasteiger partial charge in [0.15, 0.2) is 0 Å². The van der Waals surface area contributed by atoms with Crippen molar-refractivity contribution in [3.05, 3.63) is 68.4 Å². The third-order valence-electron chi connectivity index (χ3n) is 4.52. The summed E-state index contributed by atoms with van der Waals surface area (Å²) < 4.78 is 1.62. The lowest BCUT2D eigenvalue weighted by atomic mass is 10.1. The molecule has 1 fully saturated rings. The van der Waals surface area contributed by atoms with Crippen molar-refractivity contribution >= 4 is 17.0 Å². The molecule has 118 valence electrons. The quantitative estimate of drug-likeness (QED) is 0.741. The van der Waals surface area contributed by atoms with Crippen LogP contribution in [0.3, 0.4) is 0 Å². The maximum absolute atomic E-state index is 12.3. The lowest BCUT2D eigenvalue weighted by molar-refractivity contribution is 0.246. The van der Waals surface area contributed by atoms with Crippen LogP contribution in [0.2, 0.25) is 0 Å². The van der Waals surface area contributed by atoms with Gasteiger partial charge in [0.05, 0.1) is 5.69 Å². The molecule has 0 aromatic carbocycles. The number of pyridine rings is 1. The van der Waals surface area contributed by atoms with E-state index in [4.69, 9.17) is 0 Å². The van der Waals surface area contributed by atoms with Gasteiger partial charge in [0.25, 0.3) is 5.56 Å². The summed E-state index contributed by atoms with van der Waals surface area (Å²) in [5.74, 6) is 0. The number of hydrogen-bond acceptors (Lipinski definition) is 4. The van der Waals surface area contributed by atoms with Crippen molar-refractivity contribution in [1.82, 2.24) is 14.3 Å². The molecule has 0 N–H and O–H groups in total. The first kappa shape index (κ1) is 14.6. The van der Waals surface area contributed by atoms with Crippen molar-refractivity contribution in [3.63, 3.8) is 0 Å². The van der Waals surface area contributed by atoms with Crippen LogP contribution in [0.5, 0.6) is 0 Å². The molecule has 23 heavy (non-hydrogen) atoms. The summed E-state index contributed by atoms with van der Waals surface area (Å²) in [6, 6.07) is 8.25. The van der Waals surface area contributed by atoms with Gasteiger partial charge in [-0.3, -0.25) is 14.1 Å². The molecule has 0 amide bonds. The zero-order chi connectivity index (χ0) is 15.8. The minimum atomic E-state index is -0.0000183. The predicted octanol–water partition coefficient (Wildman–Crippen LogP) is 3.40. The third-order valence-corrected chi connectivity index (χ3v) is 5.22. The van der Waals surface area contributed by atoms with E-state index in [0.717, 1.165) is 30.0 Å². The number of aryl methyl sites for hydroxylation is 1. The van der Waals surface area contributed by atoms with E-state index in [1.54, 1.807) is 21.8 Å². The Hall–Kier alpha value is -1.98. The van der Waals surface area contributed by atoms with Crippen LogP contribution in [0.4, 0.5) is 0 Å². The second-order valence-corrected chi connectivity index (χ2v) is 6.99. The van der Waals surface area contributed by atoms with Crippen molar-refractivity contribution < 1.29 is 0 Å². The van der Waals surface area contributed by atoms with Crippen molar-refractivity contribution in [2.75, 3.05) is 6.54 Å². The molecule has 1 aliphatic heterocycles. The molecule has 5 heteroatoms. The van der Waals surface area contributed by atoms with Gasteiger partial charge in [-0.15, -0.1) is 0 Å². The lowest BCUT2D eigenvalue weighted by Crippen LogP contribution is -2.25. The van der Waals surface area contributed by atoms with Crippen LogP contribution in [0.1, 0.15) is 35.7 Å². The summed E-state index contributed by atoms with van der Waals surface area (Å²) in [5, 5.41) is 4.36. The Morgan fingerprint density at radius 3 is 3.09 bits per heavy atom. The minimum Gasteiger partial charge on any atom is -0.290 e. The van der Waals surface area contributed by atoms with E-state index in [9.17, 15) is 4.79 Å². The van der Waals surface area contributed by atoms with Gasteiger partial charge in [-0.05, 0) is 60.3 Å². The van der Waals surface area contributed by atoms with Crippen LogP contribution in [-0.4, -0.2) is 20.8 Å². The molecule has 4 rings (SSSR count). The summed E-state index contributed by atoms with van der Waals surface area (Å²) >= 11 is 1.74. The minimum absolute atomic E-state index is 0.0000183. The van der Waals surface area contributed by atoms with Crippen molar-refractivity contribution in [2.45, 2.75) is 32.4 Å². The summed E-state index contributed by atoms with van der Waals surface area (Å²) in [6.07, 6.45) is 4.23. The van der Waals surface area contributed by atoms with Gasteiger partial charge >= 0.3 is 0 Å². The van der Waals surface area contributed by atoms with E-state index in [-0.39, 0.29) is 5.56 Å². The van der Waals surface area contributed by atoms with E-state index < -0.39 is 0 Å². The topological polar surface area (TPSA) is 37.6 Å². The van der Waals surface area contributed by atoms with Crippen molar-refractivity contribution in [2.24, 2.45) is 0 Å². The number of thiophene rings is 1. The zero-order valence-corrected chi connectivity index (χ0v) is 13.9. The first-order chi connectivity index (χ1) is 11.2. The van der Waals surface area contributed by atoms with Gasteiger partial charge in [0, 0.05) is 24.8 Å². The smallest absolute Gasteiger partial charge is 0.258 e. The SMILES string of the molecule is Cc1ccc2nc(CN3CCC[C@H]3c3ccsc3)cc(=O)n2c1. The monoisotopic (exact) mass is 325 g/mol. The maximum Gasteiger partial charge on any atom is 0.258 e. The molecule has 1 aliphatic rings. The third kappa shape index (κ3) is 2.82. The van der Waals surface area contributed by atoms with Gasteiger partial charge in [-0.1, -0.05) is 6.07 Å². The molecule has 3 aromatic rings. The number of hydrogen-bond donors (Lipinski definition) is 0. The molecule has 1 atom stereocenters. The fourth-order valence-electron chi connectivity index (χ4n) is 3.40. The molecule has 3 aromatic heterocycles. The number of likely N-dealkylation sites (tertiary alicyclic amines) is 1.